The molecule has 1 aromatic heterocycles. The van der Waals surface area contributed by atoms with Gasteiger partial charge in [-0.15, -0.1) is 0 Å². The van der Waals surface area contributed by atoms with Gasteiger partial charge in [0.15, 0.2) is 0 Å². The minimum absolute atomic E-state index is 0.143. The summed E-state index contributed by atoms with van der Waals surface area (Å²) in [7, 11) is 0. The van der Waals surface area contributed by atoms with Gasteiger partial charge in [0.05, 0.1) is 31.0 Å². The number of aromatic nitrogens is 2. The summed E-state index contributed by atoms with van der Waals surface area (Å²) in [4.78, 5) is 17.5. The first kappa shape index (κ1) is 17.0. The Morgan fingerprint density at radius 2 is 1.92 bits per heavy atom. The largest absolute Gasteiger partial charge is 0.379 e. The fourth-order valence-corrected chi connectivity index (χ4v) is 4.68. The number of carbonyl (C=O) groups is 1. The Bertz CT molecular complexity index is 590. The highest BCUT2D eigenvalue weighted by Crippen LogP contribution is 2.28. The zero-order valence-electron chi connectivity index (χ0n) is 15.3. The Kier molecular flexibility index (Phi) is 5.08. The van der Waals surface area contributed by atoms with Crippen LogP contribution in [0.25, 0.3) is 0 Å². The van der Waals surface area contributed by atoms with Crippen molar-refractivity contribution in [3.63, 3.8) is 0 Å². The molecule has 0 aromatic carbocycles. The predicted molar refractivity (Wildman–Crippen MR) is 95.6 cm³/mol. The Balaban J connectivity index is 1.40. The maximum Gasteiger partial charge on any atom is 0.257 e. The van der Waals surface area contributed by atoms with E-state index in [4.69, 9.17) is 4.74 Å². The highest BCUT2D eigenvalue weighted by molar-refractivity contribution is 5.94. The number of rotatable bonds is 3. The van der Waals surface area contributed by atoms with Gasteiger partial charge in [0.1, 0.15) is 0 Å². The average Bonchev–Trinajstić information content (AvgIpc) is 3.30. The number of nitrogens with zero attached hydrogens (tertiary/aromatic N) is 4. The molecule has 1 aliphatic carbocycles. The summed E-state index contributed by atoms with van der Waals surface area (Å²) >= 11 is 0. The van der Waals surface area contributed by atoms with E-state index in [2.05, 4.69) is 16.9 Å². The molecule has 4 rings (SSSR count). The first-order valence-electron chi connectivity index (χ1n) is 9.87. The molecule has 0 bridgehead atoms. The second kappa shape index (κ2) is 7.46. The number of hydrogen-bond donors (Lipinski definition) is 0. The van der Waals surface area contributed by atoms with Gasteiger partial charge < -0.3 is 9.64 Å². The van der Waals surface area contributed by atoms with E-state index < -0.39 is 0 Å². The molecule has 0 radical (unpaired) electrons. The highest BCUT2D eigenvalue weighted by Gasteiger charge is 2.37. The SMILES string of the molecule is C[C@H]1CN(C(=O)c2cnn(C3CCCCC3)c2)C[C@H]1N1CCOCC1. The lowest BCUT2D eigenvalue weighted by Crippen LogP contribution is -2.47. The van der Waals surface area contributed by atoms with Gasteiger partial charge in [-0.25, -0.2) is 0 Å². The van der Waals surface area contributed by atoms with Gasteiger partial charge in [0.25, 0.3) is 5.91 Å². The van der Waals surface area contributed by atoms with Crippen LogP contribution in [0.1, 0.15) is 55.4 Å². The fourth-order valence-electron chi connectivity index (χ4n) is 4.68. The zero-order chi connectivity index (χ0) is 17.2. The molecule has 2 aliphatic heterocycles. The predicted octanol–water partition coefficient (Wildman–Crippen LogP) is 2.18. The van der Waals surface area contributed by atoms with Crippen LogP contribution in [0.2, 0.25) is 0 Å². The lowest BCUT2D eigenvalue weighted by molar-refractivity contribution is 0.0119. The quantitative estimate of drug-likeness (QED) is 0.842. The normalized spacial score (nSPS) is 29.2. The lowest BCUT2D eigenvalue weighted by Gasteiger charge is -2.33. The monoisotopic (exact) mass is 346 g/mol. The molecule has 2 atom stereocenters. The van der Waals surface area contributed by atoms with Crippen molar-refractivity contribution < 1.29 is 9.53 Å². The van der Waals surface area contributed by atoms with Crippen LogP contribution >= 0.6 is 0 Å². The highest BCUT2D eigenvalue weighted by atomic mass is 16.5. The van der Waals surface area contributed by atoms with Crippen LogP contribution in [0.3, 0.4) is 0 Å². The number of amides is 1. The van der Waals surface area contributed by atoms with Gasteiger partial charge in [0.2, 0.25) is 0 Å². The molecule has 3 aliphatic rings. The van der Waals surface area contributed by atoms with Crippen LogP contribution in [-0.2, 0) is 4.74 Å². The van der Waals surface area contributed by atoms with Crippen molar-refractivity contribution in [2.75, 3.05) is 39.4 Å². The Hall–Kier alpha value is -1.40. The smallest absolute Gasteiger partial charge is 0.257 e. The van der Waals surface area contributed by atoms with E-state index in [9.17, 15) is 4.79 Å². The van der Waals surface area contributed by atoms with E-state index in [-0.39, 0.29) is 5.91 Å². The Morgan fingerprint density at radius 1 is 1.16 bits per heavy atom. The van der Waals surface area contributed by atoms with E-state index in [1.54, 1.807) is 6.20 Å². The van der Waals surface area contributed by atoms with Crippen LogP contribution in [0.15, 0.2) is 12.4 Å². The summed E-state index contributed by atoms with van der Waals surface area (Å²) in [5, 5.41) is 4.50. The Labute approximate surface area is 150 Å². The topological polar surface area (TPSA) is 50.6 Å². The van der Waals surface area contributed by atoms with Crippen molar-refractivity contribution in [2.24, 2.45) is 5.92 Å². The molecule has 2 saturated heterocycles. The molecule has 138 valence electrons. The van der Waals surface area contributed by atoms with Crippen LogP contribution < -0.4 is 0 Å². The Morgan fingerprint density at radius 3 is 2.68 bits per heavy atom. The second-order valence-electron chi connectivity index (χ2n) is 7.90. The third-order valence-electron chi connectivity index (χ3n) is 6.17. The number of carbonyl (C=O) groups excluding carboxylic acids is 1. The van der Waals surface area contributed by atoms with Gasteiger partial charge >= 0.3 is 0 Å². The number of morpholine rings is 1. The van der Waals surface area contributed by atoms with Gasteiger partial charge in [-0.05, 0) is 18.8 Å². The maximum absolute atomic E-state index is 12.9. The molecule has 6 heteroatoms. The van der Waals surface area contributed by atoms with E-state index in [0.29, 0.717) is 18.0 Å². The average molecular weight is 346 g/mol. The lowest BCUT2D eigenvalue weighted by atomic mass is 9.96. The van der Waals surface area contributed by atoms with Crippen molar-refractivity contribution >= 4 is 5.91 Å². The molecule has 25 heavy (non-hydrogen) atoms. The van der Waals surface area contributed by atoms with Gasteiger partial charge in [-0.2, -0.15) is 5.10 Å². The molecule has 1 saturated carbocycles. The van der Waals surface area contributed by atoms with Crippen LogP contribution in [0.5, 0.6) is 0 Å². The fraction of sp³-hybridized carbons (Fsp3) is 0.789. The molecule has 3 fully saturated rings. The maximum atomic E-state index is 12.9. The summed E-state index contributed by atoms with van der Waals surface area (Å²) in [5.74, 6) is 0.653. The first-order chi connectivity index (χ1) is 12.2. The first-order valence-corrected chi connectivity index (χ1v) is 9.87. The summed E-state index contributed by atoms with van der Waals surface area (Å²) in [6.45, 7) is 7.52. The molecule has 6 nitrogen and oxygen atoms in total. The van der Waals surface area contributed by atoms with Crippen molar-refractivity contribution in [1.29, 1.82) is 0 Å². The van der Waals surface area contributed by atoms with E-state index in [1.165, 1.54) is 32.1 Å². The van der Waals surface area contributed by atoms with E-state index in [0.717, 1.165) is 45.0 Å². The van der Waals surface area contributed by atoms with Crippen molar-refractivity contribution in [3.05, 3.63) is 18.0 Å². The van der Waals surface area contributed by atoms with Crippen molar-refractivity contribution in [3.8, 4) is 0 Å². The molecule has 1 amide bonds. The van der Waals surface area contributed by atoms with Crippen LogP contribution in [-0.4, -0.2) is 70.9 Å². The number of ether oxygens (including phenoxy) is 1. The summed E-state index contributed by atoms with van der Waals surface area (Å²) in [5.41, 5.74) is 0.750. The summed E-state index contributed by atoms with van der Waals surface area (Å²) < 4.78 is 7.50. The molecule has 0 spiro atoms. The van der Waals surface area contributed by atoms with E-state index >= 15 is 0 Å². The second-order valence-corrected chi connectivity index (χ2v) is 7.90. The summed E-state index contributed by atoms with van der Waals surface area (Å²) in [6.07, 6.45) is 10.0. The van der Waals surface area contributed by atoms with Crippen LogP contribution in [0, 0.1) is 5.92 Å². The van der Waals surface area contributed by atoms with Gasteiger partial charge in [-0.1, -0.05) is 26.2 Å². The van der Waals surface area contributed by atoms with Crippen molar-refractivity contribution in [2.45, 2.75) is 51.1 Å². The molecule has 1 aromatic rings. The van der Waals surface area contributed by atoms with Gasteiger partial charge in [0, 0.05) is 38.4 Å². The standard InChI is InChI=1S/C19H30N4O2/c1-15-12-22(14-18(15)21-7-9-25-10-8-21)19(24)16-11-20-23(13-16)17-5-3-2-4-6-17/h11,13,15,17-18H,2-10,12,14H2,1H3/t15-,18+/m0/s1. The van der Waals surface area contributed by atoms with Gasteiger partial charge in [-0.3, -0.25) is 14.4 Å². The summed E-state index contributed by atoms with van der Waals surface area (Å²) in [6, 6.07) is 0.940. The number of hydrogen-bond acceptors (Lipinski definition) is 4. The minimum atomic E-state index is 0.143. The third kappa shape index (κ3) is 3.60. The molecule has 0 unspecified atom stereocenters. The minimum Gasteiger partial charge on any atom is -0.379 e. The van der Waals surface area contributed by atoms with Crippen molar-refractivity contribution in [1.82, 2.24) is 19.6 Å². The van der Waals surface area contributed by atoms with Crippen LogP contribution in [0.4, 0.5) is 0 Å². The molecule has 3 heterocycles. The molecule has 0 N–H and O–H groups in total. The van der Waals surface area contributed by atoms with E-state index in [1.807, 2.05) is 15.8 Å². The third-order valence-corrected chi connectivity index (χ3v) is 6.17. The molecular formula is C19H30N4O2. The molecular weight excluding hydrogens is 316 g/mol. The zero-order valence-corrected chi connectivity index (χ0v) is 15.3. The number of likely N-dealkylation sites (tertiary alicyclic amines) is 1.